The predicted octanol–water partition coefficient (Wildman–Crippen LogP) is 1.88. The molecular formula is C18H25N3O3. The van der Waals surface area contributed by atoms with Crippen molar-refractivity contribution >= 4 is 11.9 Å². The van der Waals surface area contributed by atoms with Gasteiger partial charge in [-0.05, 0) is 44.9 Å². The highest BCUT2D eigenvalue weighted by molar-refractivity contribution is 6.05. The standard InChI is InChI=1S/C18H25N3O3/c1-24-17(23)18(7-8-18)16(22)20-9-4-5-13(12-20)15-19-11-14-6-2-3-10-21(14)15/h11,13H,2-10,12H2,1H3/t13-/m1/s1. The summed E-state index contributed by atoms with van der Waals surface area (Å²) in [4.78, 5) is 31.4. The van der Waals surface area contributed by atoms with Crippen molar-refractivity contribution in [1.82, 2.24) is 14.5 Å². The van der Waals surface area contributed by atoms with E-state index in [0.717, 1.165) is 38.2 Å². The molecule has 24 heavy (non-hydrogen) atoms. The van der Waals surface area contributed by atoms with Crippen molar-refractivity contribution in [3.8, 4) is 0 Å². The Balaban J connectivity index is 1.51. The lowest BCUT2D eigenvalue weighted by molar-refractivity contribution is -0.156. The number of carbonyl (C=O) groups excluding carboxylic acids is 2. The van der Waals surface area contributed by atoms with E-state index in [1.165, 1.54) is 25.6 Å². The van der Waals surface area contributed by atoms with Gasteiger partial charge in [-0.3, -0.25) is 9.59 Å². The van der Waals surface area contributed by atoms with Gasteiger partial charge in [0.05, 0.1) is 7.11 Å². The molecule has 2 aliphatic heterocycles. The minimum absolute atomic E-state index is 0.0375. The van der Waals surface area contributed by atoms with Crippen LogP contribution in [0, 0.1) is 5.41 Å². The van der Waals surface area contributed by atoms with E-state index in [1.54, 1.807) is 0 Å². The zero-order valence-corrected chi connectivity index (χ0v) is 14.3. The van der Waals surface area contributed by atoms with E-state index >= 15 is 0 Å². The average molecular weight is 331 g/mol. The molecule has 1 aromatic rings. The van der Waals surface area contributed by atoms with E-state index in [-0.39, 0.29) is 17.8 Å². The number of aromatic nitrogens is 2. The molecule has 2 fully saturated rings. The number of methoxy groups -OCH3 is 1. The van der Waals surface area contributed by atoms with Gasteiger partial charge in [0.15, 0.2) is 0 Å². The number of esters is 1. The maximum atomic E-state index is 12.9. The van der Waals surface area contributed by atoms with Gasteiger partial charge in [-0.15, -0.1) is 0 Å². The molecule has 130 valence electrons. The molecule has 0 N–H and O–H groups in total. The fraction of sp³-hybridized carbons (Fsp3) is 0.722. The summed E-state index contributed by atoms with van der Waals surface area (Å²) < 4.78 is 7.22. The van der Waals surface area contributed by atoms with Crippen LogP contribution in [0.5, 0.6) is 0 Å². The van der Waals surface area contributed by atoms with Crippen LogP contribution in [0.3, 0.4) is 0 Å². The van der Waals surface area contributed by atoms with Crippen LogP contribution in [0.4, 0.5) is 0 Å². The van der Waals surface area contributed by atoms with Gasteiger partial charge in [0.25, 0.3) is 0 Å². The van der Waals surface area contributed by atoms with Gasteiger partial charge in [0, 0.05) is 37.4 Å². The second-order valence-electron chi connectivity index (χ2n) is 7.38. The van der Waals surface area contributed by atoms with Gasteiger partial charge in [-0.1, -0.05) is 0 Å². The minimum Gasteiger partial charge on any atom is -0.468 e. The molecule has 0 radical (unpaired) electrons. The summed E-state index contributed by atoms with van der Waals surface area (Å²) in [5.41, 5.74) is 0.441. The first kappa shape index (κ1) is 15.7. The fourth-order valence-corrected chi connectivity index (χ4v) is 4.29. The Kier molecular flexibility index (Phi) is 3.85. The Hall–Kier alpha value is -1.85. The molecule has 1 aromatic heterocycles. The molecule has 1 atom stereocenters. The molecule has 1 amide bonds. The number of fused-ring (bicyclic) bond motifs is 1. The van der Waals surface area contributed by atoms with Gasteiger partial charge < -0.3 is 14.2 Å². The Morgan fingerprint density at radius 1 is 1.25 bits per heavy atom. The number of imidazole rings is 1. The molecule has 0 spiro atoms. The van der Waals surface area contributed by atoms with E-state index in [9.17, 15) is 9.59 Å². The van der Waals surface area contributed by atoms with Crippen molar-refractivity contribution in [1.29, 1.82) is 0 Å². The zero-order chi connectivity index (χ0) is 16.7. The molecule has 0 aromatic carbocycles. The third-order valence-corrected chi connectivity index (χ3v) is 5.84. The van der Waals surface area contributed by atoms with E-state index in [4.69, 9.17) is 4.74 Å². The number of piperidine rings is 1. The van der Waals surface area contributed by atoms with Gasteiger partial charge >= 0.3 is 5.97 Å². The predicted molar refractivity (Wildman–Crippen MR) is 87.4 cm³/mol. The Morgan fingerprint density at radius 2 is 2.08 bits per heavy atom. The summed E-state index contributed by atoms with van der Waals surface area (Å²) in [5.74, 6) is 1.00. The monoisotopic (exact) mass is 331 g/mol. The summed E-state index contributed by atoms with van der Waals surface area (Å²) in [5, 5.41) is 0. The molecule has 3 aliphatic rings. The number of carbonyl (C=O) groups is 2. The number of hydrogen-bond donors (Lipinski definition) is 0. The van der Waals surface area contributed by atoms with Crippen molar-refractivity contribution in [3.05, 3.63) is 17.7 Å². The maximum Gasteiger partial charge on any atom is 0.321 e. The minimum atomic E-state index is -0.886. The van der Waals surface area contributed by atoms with Crippen LogP contribution in [0.1, 0.15) is 56.0 Å². The Morgan fingerprint density at radius 3 is 2.83 bits per heavy atom. The Labute approximate surface area is 142 Å². The third kappa shape index (κ3) is 2.43. The number of ether oxygens (including phenoxy) is 1. The highest BCUT2D eigenvalue weighted by Crippen LogP contribution is 2.49. The summed E-state index contributed by atoms with van der Waals surface area (Å²) in [6.45, 7) is 2.46. The summed E-state index contributed by atoms with van der Waals surface area (Å²) in [6.07, 6.45) is 8.83. The summed E-state index contributed by atoms with van der Waals surface area (Å²) in [7, 11) is 1.37. The lowest BCUT2D eigenvalue weighted by Gasteiger charge is -2.35. The van der Waals surface area contributed by atoms with Gasteiger partial charge in [-0.2, -0.15) is 0 Å². The van der Waals surface area contributed by atoms with Crippen LogP contribution in [0.2, 0.25) is 0 Å². The molecule has 0 unspecified atom stereocenters. The van der Waals surface area contributed by atoms with Gasteiger partial charge in [0.1, 0.15) is 11.2 Å². The van der Waals surface area contributed by atoms with Gasteiger partial charge in [0.2, 0.25) is 5.91 Å². The topological polar surface area (TPSA) is 64.4 Å². The van der Waals surface area contributed by atoms with Crippen LogP contribution in [-0.2, 0) is 27.3 Å². The maximum absolute atomic E-state index is 12.9. The number of amides is 1. The number of likely N-dealkylation sites (tertiary alicyclic amines) is 1. The second-order valence-corrected chi connectivity index (χ2v) is 7.38. The average Bonchev–Trinajstić information content (AvgIpc) is 3.33. The molecule has 1 saturated heterocycles. The fourth-order valence-electron chi connectivity index (χ4n) is 4.29. The van der Waals surface area contributed by atoms with Crippen LogP contribution in [0.15, 0.2) is 6.20 Å². The first-order valence-electron chi connectivity index (χ1n) is 9.08. The molecule has 4 rings (SSSR count). The third-order valence-electron chi connectivity index (χ3n) is 5.84. The molecule has 1 aliphatic carbocycles. The smallest absolute Gasteiger partial charge is 0.321 e. The van der Waals surface area contributed by atoms with Crippen molar-refractivity contribution < 1.29 is 14.3 Å². The van der Waals surface area contributed by atoms with E-state index in [0.29, 0.717) is 19.4 Å². The number of aryl methyl sites for hydroxylation is 1. The van der Waals surface area contributed by atoms with Crippen molar-refractivity contribution in [2.75, 3.05) is 20.2 Å². The lowest BCUT2D eigenvalue weighted by atomic mass is 9.94. The highest BCUT2D eigenvalue weighted by Gasteiger charge is 2.59. The molecular weight excluding hydrogens is 306 g/mol. The van der Waals surface area contributed by atoms with Gasteiger partial charge in [-0.25, -0.2) is 4.98 Å². The first-order chi connectivity index (χ1) is 11.7. The molecule has 0 bridgehead atoms. The molecule has 6 heteroatoms. The lowest BCUT2D eigenvalue weighted by Crippen LogP contribution is -2.46. The van der Waals surface area contributed by atoms with E-state index < -0.39 is 5.41 Å². The highest BCUT2D eigenvalue weighted by atomic mass is 16.5. The summed E-state index contributed by atoms with van der Waals surface area (Å²) in [6, 6.07) is 0. The van der Waals surface area contributed by atoms with Crippen LogP contribution in [0.25, 0.3) is 0 Å². The number of rotatable bonds is 3. The second kappa shape index (κ2) is 5.90. The van der Waals surface area contributed by atoms with E-state index in [2.05, 4.69) is 9.55 Å². The molecule has 6 nitrogen and oxygen atoms in total. The molecule has 3 heterocycles. The normalized spacial score (nSPS) is 25.0. The van der Waals surface area contributed by atoms with Crippen LogP contribution >= 0.6 is 0 Å². The zero-order valence-electron chi connectivity index (χ0n) is 14.3. The number of nitrogens with zero attached hydrogens (tertiary/aromatic N) is 3. The Bertz CT molecular complexity index is 662. The van der Waals surface area contributed by atoms with Crippen LogP contribution < -0.4 is 0 Å². The van der Waals surface area contributed by atoms with E-state index in [1.807, 2.05) is 11.1 Å². The summed E-state index contributed by atoms with van der Waals surface area (Å²) >= 11 is 0. The van der Waals surface area contributed by atoms with Crippen molar-refractivity contribution in [3.63, 3.8) is 0 Å². The number of hydrogen-bond acceptors (Lipinski definition) is 4. The van der Waals surface area contributed by atoms with Crippen LogP contribution in [-0.4, -0.2) is 46.5 Å². The molecule has 1 saturated carbocycles. The SMILES string of the molecule is COC(=O)C1(C(=O)N2CCC[C@@H](c3ncc4n3CCCC4)C2)CC1. The first-order valence-corrected chi connectivity index (χ1v) is 9.08. The van der Waals surface area contributed by atoms with Crippen molar-refractivity contribution in [2.45, 2.75) is 57.4 Å². The largest absolute Gasteiger partial charge is 0.468 e. The van der Waals surface area contributed by atoms with Crippen molar-refractivity contribution in [2.24, 2.45) is 5.41 Å². The quantitative estimate of drug-likeness (QED) is 0.627.